The Balaban J connectivity index is 2.69. The lowest BCUT2D eigenvalue weighted by Crippen LogP contribution is -2.46. The van der Waals surface area contributed by atoms with Crippen molar-refractivity contribution in [3.63, 3.8) is 0 Å². The van der Waals surface area contributed by atoms with Gasteiger partial charge in [0.05, 0.1) is 19.4 Å². The number of aliphatic carboxylic acids is 1. The Morgan fingerprint density at radius 1 is 1.25 bits per heavy atom. The van der Waals surface area contributed by atoms with E-state index in [1.807, 2.05) is 0 Å². The van der Waals surface area contributed by atoms with Crippen molar-refractivity contribution in [2.45, 2.75) is 32.7 Å². The van der Waals surface area contributed by atoms with E-state index < -0.39 is 41.4 Å². The number of hydrogen-bond acceptors (Lipinski definition) is 4. The van der Waals surface area contributed by atoms with Crippen LogP contribution in [0.3, 0.4) is 0 Å². The maximum absolute atomic E-state index is 13.1. The molecular weight excluding hydrogens is 324 g/mol. The molecule has 0 saturated carbocycles. The molecule has 1 aromatic rings. The summed E-state index contributed by atoms with van der Waals surface area (Å²) < 4.78 is 30.7. The van der Waals surface area contributed by atoms with Crippen molar-refractivity contribution >= 4 is 17.8 Å². The third-order valence-electron chi connectivity index (χ3n) is 3.29. The largest absolute Gasteiger partial charge is 0.480 e. The van der Waals surface area contributed by atoms with Crippen molar-refractivity contribution in [3.8, 4) is 0 Å². The topological polar surface area (TPSA) is 92.7 Å². The molecule has 2 N–H and O–H groups in total. The summed E-state index contributed by atoms with van der Waals surface area (Å²) >= 11 is 0. The quantitative estimate of drug-likeness (QED) is 0.701. The second-order valence-corrected chi connectivity index (χ2v) is 5.30. The number of carbonyl (C=O) groups excluding carboxylic acids is 2. The molecule has 0 radical (unpaired) electrons. The Bertz CT molecular complexity index is 620. The summed E-state index contributed by atoms with van der Waals surface area (Å²) in [4.78, 5) is 34.6. The molecule has 0 bridgehead atoms. The Morgan fingerprint density at radius 2 is 1.92 bits per heavy atom. The minimum Gasteiger partial charge on any atom is -0.480 e. The van der Waals surface area contributed by atoms with E-state index in [1.165, 1.54) is 13.0 Å². The molecule has 0 fully saturated rings. The number of carbonyl (C=O) groups is 3. The third kappa shape index (κ3) is 5.94. The third-order valence-corrected chi connectivity index (χ3v) is 3.29. The lowest BCUT2D eigenvalue weighted by Gasteiger charge is -2.20. The standard InChI is InChI=1S/C16H19F2NO5/c1-3-24-14(21)6-9(2)15(16(22)23)19-13(20)8-10-4-5-11(17)12(18)7-10/h4-5,7,9,15H,3,6,8H2,1-2H3,(H,19,20)(H,22,23)/t9-,15+/m0/s1. The number of rotatable bonds is 8. The van der Waals surface area contributed by atoms with Crippen molar-refractivity contribution in [1.29, 1.82) is 0 Å². The number of nitrogens with one attached hydrogen (secondary N) is 1. The highest BCUT2D eigenvalue weighted by atomic mass is 19.2. The lowest BCUT2D eigenvalue weighted by atomic mass is 9.98. The van der Waals surface area contributed by atoms with E-state index >= 15 is 0 Å². The van der Waals surface area contributed by atoms with Crippen LogP contribution in [0.25, 0.3) is 0 Å². The highest BCUT2D eigenvalue weighted by molar-refractivity contribution is 5.85. The molecule has 0 aliphatic carbocycles. The van der Waals surface area contributed by atoms with Crippen LogP contribution in [0.5, 0.6) is 0 Å². The van der Waals surface area contributed by atoms with E-state index in [0.717, 1.165) is 12.1 Å². The molecule has 1 amide bonds. The van der Waals surface area contributed by atoms with Gasteiger partial charge in [0.1, 0.15) is 6.04 Å². The van der Waals surface area contributed by atoms with Crippen LogP contribution in [0.15, 0.2) is 18.2 Å². The number of halogens is 2. The van der Waals surface area contributed by atoms with Crippen molar-refractivity contribution in [3.05, 3.63) is 35.4 Å². The molecule has 2 atom stereocenters. The van der Waals surface area contributed by atoms with Gasteiger partial charge in [0.15, 0.2) is 11.6 Å². The maximum atomic E-state index is 13.1. The first kappa shape index (κ1) is 19.5. The molecule has 24 heavy (non-hydrogen) atoms. The number of carboxylic acids is 1. The summed E-state index contributed by atoms with van der Waals surface area (Å²) in [6.07, 6.45) is -0.483. The van der Waals surface area contributed by atoms with Crippen molar-refractivity contribution in [2.75, 3.05) is 6.61 Å². The molecule has 8 heteroatoms. The van der Waals surface area contributed by atoms with Crippen molar-refractivity contribution in [2.24, 2.45) is 5.92 Å². The van der Waals surface area contributed by atoms with Gasteiger partial charge in [-0.05, 0) is 30.5 Å². The molecule has 1 rings (SSSR count). The minimum absolute atomic E-state index is 0.170. The minimum atomic E-state index is -1.30. The van der Waals surface area contributed by atoms with E-state index in [9.17, 15) is 28.3 Å². The van der Waals surface area contributed by atoms with Gasteiger partial charge < -0.3 is 15.2 Å². The van der Waals surface area contributed by atoms with Crippen LogP contribution in [-0.2, 0) is 25.5 Å². The number of carboxylic acid groups (broad SMARTS) is 1. The van der Waals surface area contributed by atoms with Gasteiger partial charge in [0.2, 0.25) is 5.91 Å². The normalized spacial score (nSPS) is 13.0. The summed E-state index contributed by atoms with van der Waals surface area (Å²) in [5.74, 6) is -5.37. The van der Waals surface area contributed by atoms with E-state index in [2.05, 4.69) is 5.32 Å². The highest BCUT2D eigenvalue weighted by Crippen LogP contribution is 2.12. The molecule has 0 aliphatic heterocycles. The van der Waals surface area contributed by atoms with E-state index in [1.54, 1.807) is 6.92 Å². The van der Waals surface area contributed by atoms with Gasteiger partial charge in [-0.2, -0.15) is 0 Å². The van der Waals surface area contributed by atoms with Gasteiger partial charge in [0.25, 0.3) is 0 Å². The van der Waals surface area contributed by atoms with Crippen LogP contribution in [0.1, 0.15) is 25.8 Å². The van der Waals surface area contributed by atoms with Crippen LogP contribution in [0, 0.1) is 17.6 Å². The number of benzene rings is 1. The fourth-order valence-electron chi connectivity index (χ4n) is 2.11. The van der Waals surface area contributed by atoms with Gasteiger partial charge in [0, 0.05) is 0 Å². The lowest BCUT2D eigenvalue weighted by molar-refractivity contribution is -0.147. The molecule has 132 valence electrons. The smallest absolute Gasteiger partial charge is 0.326 e. The first-order valence-electron chi connectivity index (χ1n) is 7.36. The summed E-state index contributed by atoms with van der Waals surface area (Å²) in [6.45, 7) is 3.29. The fourth-order valence-corrected chi connectivity index (χ4v) is 2.11. The molecule has 0 saturated heterocycles. The van der Waals surface area contributed by atoms with Gasteiger partial charge in [-0.25, -0.2) is 13.6 Å². The zero-order valence-corrected chi connectivity index (χ0v) is 13.3. The second kappa shape index (κ2) is 8.95. The predicted molar refractivity (Wildman–Crippen MR) is 80.0 cm³/mol. The van der Waals surface area contributed by atoms with Crippen LogP contribution in [0.2, 0.25) is 0 Å². The Labute approximate surface area is 137 Å². The molecule has 1 aromatic carbocycles. The van der Waals surface area contributed by atoms with Crippen LogP contribution >= 0.6 is 0 Å². The monoisotopic (exact) mass is 343 g/mol. The average molecular weight is 343 g/mol. The molecule has 0 unspecified atom stereocenters. The number of hydrogen-bond donors (Lipinski definition) is 2. The number of amides is 1. The van der Waals surface area contributed by atoms with Gasteiger partial charge in [-0.15, -0.1) is 0 Å². The Kier molecular flexibility index (Phi) is 7.29. The zero-order valence-electron chi connectivity index (χ0n) is 13.3. The number of ether oxygens (including phenoxy) is 1. The van der Waals surface area contributed by atoms with Crippen LogP contribution < -0.4 is 5.32 Å². The van der Waals surface area contributed by atoms with E-state index in [-0.39, 0.29) is 25.0 Å². The molecule has 0 heterocycles. The van der Waals surface area contributed by atoms with E-state index in [4.69, 9.17) is 4.74 Å². The SMILES string of the molecule is CCOC(=O)C[C@H](C)[C@@H](NC(=O)Cc1ccc(F)c(F)c1)C(=O)O. The first-order valence-corrected chi connectivity index (χ1v) is 7.36. The summed E-state index contributed by atoms with van der Waals surface area (Å²) in [7, 11) is 0. The first-order chi connectivity index (χ1) is 11.2. The summed E-state index contributed by atoms with van der Waals surface area (Å²) in [6, 6.07) is 1.69. The molecule has 6 nitrogen and oxygen atoms in total. The molecule has 0 aliphatic rings. The van der Waals surface area contributed by atoms with E-state index in [0.29, 0.717) is 0 Å². The van der Waals surface area contributed by atoms with Crippen molar-refractivity contribution < 1.29 is 33.0 Å². The summed E-state index contributed by atoms with van der Waals surface area (Å²) in [5, 5.41) is 11.5. The van der Waals surface area contributed by atoms with Crippen LogP contribution in [-0.4, -0.2) is 35.6 Å². The zero-order chi connectivity index (χ0) is 18.3. The van der Waals surface area contributed by atoms with Crippen molar-refractivity contribution in [1.82, 2.24) is 5.32 Å². The highest BCUT2D eigenvalue weighted by Gasteiger charge is 2.28. The maximum Gasteiger partial charge on any atom is 0.326 e. The van der Waals surface area contributed by atoms with Gasteiger partial charge in [-0.1, -0.05) is 13.0 Å². The second-order valence-electron chi connectivity index (χ2n) is 5.30. The van der Waals surface area contributed by atoms with Crippen LogP contribution in [0.4, 0.5) is 8.78 Å². The fraction of sp³-hybridized carbons (Fsp3) is 0.438. The molecule has 0 aromatic heterocycles. The number of esters is 1. The average Bonchev–Trinajstić information content (AvgIpc) is 2.48. The molecule has 0 spiro atoms. The predicted octanol–water partition coefficient (Wildman–Crippen LogP) is 1.67. The summed E-state index contributed by atoms with van der Waals surface area (Å²) in [5.41, 5.74) is 0.202. The Hall–Kier alpha value is -2.51. The Morgan fingerprint density at radius 3 is 2.46 bits per heavy atom. The van der Waals surface area contributed by atoms with Gasteiger partial charge in [-0.3, -0.25) is 9.59 Å². The van der Waals surface area contributed by atoms with Gasteiger partial charge >= 0.3 is 11.9 Å². The molecular formula is C16H19F2NO5.